The Morgan fingerprint density at radius 2 is 2.35 bits per heavy atom. The van der Waals surface area contributed by atoms with Gasteiger partial charge in [0.2, 0.25) is 0 Å². The Morgan fingerprint density at radius 3 is 2.88 bits per heavy atom. The zero-order valence-electron chi connectivity index (χ0n) is 10.7. The van der Waals surface area contributed by atoms with Gasteiger partial charge in [-0.2, -0.15) is 5.10 Å². The number of hydrogen-bond donors (Lipinski definition) is 1. The fraction of sp³-hybridized carbons (Fsp3) is 0.667. The van der Waals surface area contributed by atoms with Gasteiger partial charge in [0.25, 0.3) is 5.91 Å². The van der Waals surface area contributed by atoms with Crippen LogP contribution in [0, 0.1) is 12.8 Å². The van der Waals surface area contributed by atoms with Crippen LogP contribution < -0.4 is 5.32 Å². The molecule has 1 unspecified atom stereocenters. The molecule has 0 aliphatic carbocycles. The summed E-state index contributed by atoms with van der Waals surface area (Å²) in [6.07, 6.45) is 3.89. The molecule has 1 aromatic rings. The van der Waals surface area contributed by atoms with Crippen molar-refractivity contribution in [2.24, 2.45) is 13.0 Å². The molecule has 1 heterocycles. The Labute approximate surface area is 111 Å². The Morgan fingerprint density at radius 1 is 1.65 bits per heavy atom. The Bertz CT molecular complexity index is 376. The predicted molar refractivity (Wildman–Crippen MR) is 72.5 cm³/mol. The van der Waals surface area contributed by atoms with Crippen molar-refractivity contribution in [1.82, 2.24) is 15.1 Å². The number of rotatable bonds is 6. The number of carbonyl (C=O) groups is 1. The van der Waals surface area contributed by atoms with Crippen molar-refractivity contribution < 1.29 is 4.79 Å². The van der Waals surface area contributed by atoms with E-state index < -0.39 is 0 Å². The maximum atomic E-state index is 11.8. The van der Waals surface area contributed by atoms with Crippen molar-refractivity contribution in [2.45, 2.75) is 26.7 Å². The minimum atomic E-state index is -0.0258. The third-order valence-corrected chi connectivity index (χ3v) is 3.79. The predicted octanol–water partition coefficient (Wildman–Crippen LogP) is 2.27. The molecule has 4 nitrogen and oxygen atoms in total. The largest absolute Gasteiger partial charge is 0.352 e. The number of nitrogens with one attached hydrogen (secondary N) is 1. The Kier molecular flexibility index (Phi) is 5.68. The first-order valence-corrected chi connectivity index (χ1v) is 7.01. The third kappa shape index (κ3) is 4.50. The zero-order chi connectivity index (χ0) is 12.8. The monoisotopic (exact) mass is 301 g/mol. The van der Waals surface area contributed by atoms with E-state index in [9.17, 15) is 4.79 Å². The number of aromatic nitrogens is 2. The van der Waals surface area contributed by atoms with Crippen LogP contribution in [-0.4, -0.2) is 27.6 Å². The summed E-state index contributed by atoms with van der Waals surface area (Å²) in [5.41, 5.74) is 1.44. The standard InChI is InChI=1S/C12H20BrN3O/c1-9(7-13)5-4-6-14-12(17)11-8-16(3)15-10(11)2/h8-9H,4-7H2,1-3H3,(H,14,17). The molecular formula is C12H20BrN3O. The summed E-state index contributed by atoms with van der Waals surface area (Å²) < 4.78 is 1.66. The van der Waals surface area contributed by atoms with Crippen LogP contribution in [0.25, 0.3) is 0 Å². The molecule has 0 saturated carbocycles. The summed E-state index contributed by atoms with van der Waals surface area (Å²) in [7, 11) is 1.82. The highest BCUT2D eigenvalue weighted by atomic mass is 79.9. The van der Waals surface area contributed by atoms with Crippen molar-refractivity contribution in [3.63, 3.8) is 0 Å². The number of amides is 1. The molecule has 17 heavy (non-hydrogen) atoms. The highest BCUT2D eigenvalue weighted by molar-refractivity contribution is 9.09. The van der Waals surface area contributed by atoms with Crippen LogP contribution in [0.1, 0.15) is 35.8 Å². The van der Waals surface area contributed by atoms with E-state index in [1.165, 1.54) is 0 Å². The molecule has 0 radical (unpaired) electrons. The third-order valence-electron chi connectivity index (χ3n) is 2.68. The van der Waals surface area contributed by atoms with Gasteiger partial charge >= 0.3 is 0 Å². The highest BCUT2D eigenvalue weighted by Crippen LogP contribution is 2.08. The van der Waals surface area contributed by atoms with Gasteiger partial charge in [-0.1, -0.05) is 22.9 Å². The Balaban J connectivity index is 2.33. The van der Waals surface area contributed by atoms with Crippen LogP contribution in [-0.2, 0) is 7.05 Å². The van der Waals surface area contributed by atoms with E-state index in [4.69, 9.17) is 0 Å². The number of carbonyl (C=O) groups excluding carboxylic acids is 1. The van der Waals surface area contributed by atoms with E-state index in [1.807, 2.05) is 14.0 Å². The molecular weight excluding hydrogens is 282 g/mol. The summed E-state index contributed by atoms with van der Waals surface area (Å²) in [6.45, 7) is 4.77. The van der Waals surface area contributed by atoms with Crippen LogP contribution in [0.2, 0.25) is 0 Å². The lowest BCUT2D eigenvalue weighted by atomic mass is 10.1. The minimum Gasteiger partial charge on any atom is -0.352 e. The SMILES string of the molecule is Cc1nn(C)cc1C(=O)NCCCC(C)CBr. The molecule has 0 saturated heterocycles. The van der Waals surface area contributed by atoms with Gasteiger partial charge in [0, 0.05) is 25.1 Å². The summed E-state index contributed by atoms with van der Waals surface area (Å²) in [4.78, 5) is 11.8. The van der Waals surface area contributed by atoms with E-state index in [-0.39, 0.29) is 5.91 Å². The zero-order valence-corrected chi connectivity index (χ0v) is 12.2. The van der Waals surface area contributed by atoms with Gasteiger partial charge in [-0.25, -0.2) is 0 Å². The Hall–Kier alpha value is -0.840. The molecule has 96 valence electrons. The van der Waals surface area contributed by atoms with E-state index in [0.717, 1.165) is 30.4 Å². The number of aryl methyl sites for hydroxylation is 2. The molecule has 5 heteroatoms. The molecule has 0 fully saturated rings. The van der Waals surface area contributed by atoms with E-state index in [1.54, 1.807) is 10.9 Å². The molecule has 1 aromatic heterocycles. The van der Waals surface area contributed by atoms with Crippen molar-refractivity contribution in [3.8, 4) is 0 Å². The quantitative estimate of drug-likeness (QED) is 0.647. The second-order valence-electron chi connectivity index (χ2n) is 4.46. The first-order chi connectivity index (χ1) is 8.04. The van der Waals surface area contributed by atoms with E-state index in [0.29, 0.717) is 11.5 Å². The summed E-state index contributed by atoms with van der Waals surface area (Å²) in [6, 6.07) is 0. The molecule has 0 bridgehead atoms. The van der Waals surface area contributed by atoms with Gasteiger partial charge in [-0.05, 0) is 25.7 Å². The molecule has 0 aromatic carbocycles. The molecule has 1 amide bonds. The lowest BCUT2D eigenvalue weighted by Gasteiger charge is -2.07. The molecule has 0 aliphatic rings. The van der Waals surface area contributed by atoms with Crippen molar-refractivity contribution in [2.75, 3.05) is 11.9 Å². The molecule has 0 aliphatic heterocycles. The molecule has 1 atom stereocenters. The van der Waals surface area contributed by atoms with Gasteiger partial charge < -0.3 is 5.32 Å². The van der Waals surface area contributed by atoms with Crippen LogP contribution in [0.3, 0.4) is 0 Å². The summed E-state index contributed by atoms with van der Waals surface area (Å²) >= 11 is 3.45. The van der Waals surface area contributed by atoms with Crippen LogP contribution >= 0.6 is 15.9 Å². The fourth-order valence-corrected chi connectivity index (χ4v) is 1.97. The first kappa shape index (κ1) is 14.2. The van der Waals surface area contributed by atoms with E-state index >= 15 is 0 Å². The van der Waals surface area contributed by atoms with Gasteiger partial charge in [0.1, 0.15) is 0 Å². The highest BCUT2D eigenvalue weighted by Gasteiger charge is 2.11. The second kappa shape index (κ2) is 6.79. The van der Waals surface area contributed by atoms with Gasteiger partial charge in [0.15, 0.2) is 0 Å². The lowest BCUT2D eigenvalue weighted by Crippen LogP contribution is -2.25. The van der Waals surface area contributed by atoms with Crippen molar-refractivity contribution in [3.05, 3.63) is 17.5 Å². The molecule has 1 N–H and O–H groups in total. The second-order valence-corrected chi connectivity index (χ2v) is 5.11. The number of alkyl halides is 1. The number of halogens is 1. The van der Waals surface area contributed by atoms with E-state index in [2.05, 4.69) is 33.3 Å². The van der Waals surface area contributed by atoms with Crippen LogP contribution in [0.5, 0.6) is 0 Å². The van der Waals surface area contributed by atoms with Crippen LogP contribution in [0.15, 0.2) is 6.20 Å². The number of hydrogen-bond acceptors (Lipinski definition) is 2. The average molecular weight is 302 g/mol. The van der Waals surface area contributed by atoms with Crippen molar-refractivity contribution >= 4 is 21.8 Å². The summed E-state index contributed by atoms with van der Waals surface area (Å²) in [5, 5.41) is 8.09. The molecule has 0 spiro atoms. The maximum absolute atomic E-state index is 11.8. The number of nitrogens with zero attached hydrogens (tertiary/aromatic N) is 2. The lowest BCUT2D eigenvalue weighted by molar-refractivity contribution is 0.0952. The topological polar surface area (TPSA) is 46.9 Å². The maximum Gasteiger partial charge on any atom is 0.254 e. The van der Waals surface area contributed by atoms with Gasteiger partial charge in [-0.15, -0.1) is 0 Å². The van der Waals surface area contributed by atoms with Crippen molar-refractivity contribution in [1.29, 1.82) is 0 Å². The van der Waals surface area contributed by atoms with Gasteiger partial charge in [-0.3, -0.25) is 9.48 Å². The fourth-order valence-electron chi connectivity index (χ4n) is 1.65. The van der Waals surface area contributed by atoms with Crippen LogP contribution in [0.4, 0.5) is 0 Å². The average Bonchev–Trinajstić information content (AvgIpc) is 2.63. The molecule has 1 rings (SSSR count). The van der Waals surface area contributed by atoms with Gasteiger partial charge in [0.05, 0.1) is 11.3 Å². The smallest absolute Gasteiger partial charge is 0.254 e. The first-order valence-electron chi connectivity index (χ1n) is 5.89. The minimum absolute atomic E-state index is 0.0258. The normalized spacial score (nSPS) is 12.5. The summed E-state index contributed by atoms with van der Waals surface area (Å²) in [5.74, 6) is 0.633.